The molecule has 1 heterocycles. The number of urea groups is 1. The van der Waals surface area contributed by atoms with E-state index >= 15 is 0 Å². The normalized spacial score (nSPS) is 16.0. The number of hydrogen-bond donors (Lipinski definition) is 3. The minimum absolute atomic E-state index is 0.257. The lowest BCUT2D eigenvalue weighted by molar-refractivity contribution is -0.139. The van der Waals surface area contributed by atoms with Crippen LogP contribution in [0.5, 0.6) is 0 Å². The number of aryl methyl sites for hydroxylation is 2. The molecule has 0 aliphatic carbocycles. The summed E-state index contributed by atoms with van der Waals surface area (Å²) < 4.78 is 5.33. The molecule has 6 nitrogen and oxygen atoms in total. The van der Waals surface area contributed by atoms with Crippen LogP contribution in [0.4, 0.5) is 4.79 Å². The monoisotopic (exact) mass is 441 g/mol. The van der Waals surface area contributed by atoms with E-state index in [0.717, 1.165) is 28.7 Å². The van der Waals surface area contributed by atoms with E-state index in [1.165, 1.54) is 0 Å². The van der Waals surface area contributed by atoms with Crippen molar-refractivity contribution in [3.63, 3.8) is 0 Å². The van der Waals surface area contributed by atoms with Gasteiger partial charge in [-0.25, -0.2) is 9.59 Å². The first-order valence-corrected chi connectivity index (χ1v) is 10.8. The van der Waals surface area contributed by atoms with Gasteiger partial charge >= 0.3 is 12.0 Å². The van der Waals surface area contributed by atoms with Crippen molar-refractivity contribution in [3.8, 4) is 0 Å². The van der Waals surface area contributed by atoms with E-state index in [2.05, 4.69) is 16.0 Å². The number of amides is 2. The molecule has 0 saturated heterocycles. The summed E-state index contributed by atoms with van der Waals surface area (Å²) in [6.07, 6.45) is 0.797. The van der Waals surface area contributed by atoms with Gasteiger partial charge in [0, 0.05) is 17.3 Å². The Labute approximate surface area is 188 Å². The summed E-state index contributed by atoms with van der Waals surface area (Å²) in [5, 5.41) is 9.71. The van der Waals surface area contributed by atoms with Crippen molar-refractivity contribution in [2.45, 2.75) is 33.2 Å². The lowest BCUT2D eigenvalue weighted by Crippen LogP contribution is -2.48. The molecule has 164 valence electrons. The number of halogens is 1. The van der Waals surface area contributed by atoms with Crippen molar-refractivity contribution in [2.24, 2.45) is 0 Å². The van der Waals surface area contributed by atoms with Crippen LogP contribution in [0.3, 0.4) is 0 Å². The highest BCUT2D eigenvalue weighted by molar-refractivity contribution is 6.30. The van der Waals surface area contributed by atoms with Crippen LogP contribution >= 0.6 is 11.6 Å². The van der Waals surface area contributed by atoms with Gasteiger partial charge in [0.1, 0.15) is 0 Å². The molecule has 0 bridgehead atoms. The maximum absolute atomic E-state index is 12.9. The van der Waals surface area contributed by atoms with Crippen LogP contribution in [0.15, 0.2) is 53.7 Å². The zero-order valence-electron chi connectivity index (χ0n) is 18.0. The molecule has 1 aliphatic rings. The lowest BCUT2D eigenvalue weighted by atomic mass is 9.91. The Morgan fingerprint density at radius 2 is 1.90 bits per heavy atom. The van der Waals surface area contributed by atoms with E-state index in [0.29, 0.717) is 29.4 Å². The Balaban J connectivity index is 1.83. The number of carbonyl (C=O) groups excluding carboxylic acids is 2. The SMILES string of the molecule is CCOC(=O)C1=C(CNCCc2ccc(Cl)cc2)NC(=O)N[C@@H]1c1cc(C)ccc1C. The second-order valence-electron chi connectivity index (χ2n) is 7.56. The average Bonchev–Trinajstić information content (AvgIpc) is 2.74. The van der Waals surface area contributed by atoms with Gasteiger partial charge < -0.3 is 20.7 Å². The summed E-state index contributed by atoms with van der Waals surface area (Å²) in [5.41, 5.74) is 5.04. The number of esters is 1. The highest BCUT2D eigenvalue weighted by Crippen LogP contribution is 2.30. The minimum atomic E-state index is -0.569. The third-order valence-corrected chi connectivity index (χ3v) is 5.45. The summed E-state index contributed by atoms with van der Waals surface area (Å²) in [4.78, 5) is 25.3. The fraction of sp³-hybridized carbons (Fsp3) is 0.333. The van der Waals surface area contributed by atoms with Gasteiger partial charge in [-0.2, -0.15) is 0 Å². The molecule has 3 rings (SSSR count). The molecule has 2 aromatic rings. The van der Waals surface area contributed by atoms with Gasteiger partial charge in [-0.1, -0.05) is 47.5 Å². The smallest absolute Gasteiger partial charge is 0.338 e. The quantitative estimate of drug-likeness (QED) is 0.428. The van der Waals surface area contributed by atoms with Crippen molar-refractivity contribution in [3.05, 3.63) is 81.0 Å². The van der Waals surface area contributed by atoms with Gasteiger partial charge in [0.05, 0.1) is 18.2 Å². The summed E-state index contributed by atoms with van der Waals surface area (Å²) in [6, 6.07) is 12.8. The first-order valence-electron chi connectivity index (χ1n) is 10.4. The molecular formula is C24H28ClN3O3. The zero-order chi connectivity index (χ0) is 22.4. The highest BCUT2D eigenvalue weighted by atomic mass is 35.5. The van der Waals surface area contributed by atoms with Gasteiger partial charge in [0.25, 0.3) is 0 Å². The molecule has 0 aromatic heterocycles. The molecule has 7 heteroatoms. The van der Waals surface area contributed by atoms with Crippen LogP contribution in [0.1, 0.15) is 35.2 Å². The third-order valence-electron chi connectivity index (χ3n) is 5.20. The van der Waals surface area contributed by atoms with Crippen molar-refractivity contribution >= 4 is 23.6 Å². The number of ether oxygens (including phenoxy) is 1. The van der Waals surface area contributed by atoms with Crippen LogP contribution in [0, 0.1) is 13.8 Å². The molecule has 31 heavy (non-hydrogen) atoms. The van der Waals surface area contributed by atoms with E-state index in [-0.39, 0.29) is 12.6 Å². The van der Waals surface area contributed by atoms with Gasteiger partial charge in [-0.05, 0) is 62.6 Å². The summed E-state index contributed by atoms with van der Waals surface area (Å²) in [5.74, 6) is -0.435. The van der Waals surface area contributed by atoms with Crippen molar-refractivity contribution in [1.29, 1.82) is 0 Å². The van der Waals surface area contributed by atoms with Gasteiger partial charge in [0.2, 0.25) is 0 Å². The van der Waals surface area contributed by atoms with E-state index < -0.39 is 12.0 Å². The zero-order valence-corrected chi connectivity index (χ0v) is 18.8. The summed E-state index contributed by atoms with van der Waals surface area (Å²) >= 11 is 5.93. The number of hydrogen-bond acceptors (Lipinski definition) is 4. The largest absolute Gasteiger partial charge is 0.463 e. The highest BCUT2D eigenvalue weighted by Gasteiger charge is 2.34. The summed E-state index contributed by atoms with van der Waals surface area (Å²) in [6.45, 7) is 7.00. The van der Waals surface area contributed by atoms with E-state index in [9.17, 15) is 9.59 Å². The Morgan fingerprint density at radius 1 is 1.16 bits per heavy atom. The first-order chi connectivity index (χ1) is 14.9. The fourth-order valence-electron chi connectivity index (χ4n) is 3.61. The van der Waals surface area contributed by atoms with E-state index in [1.807, 2.05) is 56.3 Å². The fourth-order valence-corrected chi connectivity index (χ4v) is 3.73. The van der Waals surface area contributed by atoms with Crippen LogP contribution < -0.4 is 16.0 Å². The van der Waals surface area contributed by atoms with Crippen molar-refractivity contribution in [2.75, 3.05) is 19.7 Å². The Bertz CT molecular complexity index is 986. The second-order valence-corrected chi connectivity index (χ2v) is 7.99. The second kappa shape index (κ2) is 10.5. The van der Waals surface area contributed by atoms with Crippen LogP contribution in [-0.2, 0) is 16.0 Å². The molecule has 0 radical (unpaired) electrons. The molecule has 0 spiro atoms. The van der Waals surface area contributed by atoms with Gasteiger partial charge in [0.15, 0.2) is 0 Å². The van der Waals surface area contributed by atoms with E-state index in [1.54, 1.807) is 6.92 Å². The molecule has 0 fully saturated rings. The average molecular weight is 442 g/mol. The Morgan fingerprint density at radius 3 is 2.61 bits per heavy atom. The Kier molecular flexibility index (Phi) is 7.71. The molecule has 2 aromatic carbocycles. The number of rotatable bonds is 8. The molecular weight excluding hydrogens is 414 g/mol. The third kappa shape index (κ3) is 5.87. The number of nitrogens with one attached hydrogen (secondary N) is 3. The molecule has 2 amide bonds. The predicted molar refractivity (Wildman–Crippen MR) is 122 cm³/mol. The maximum Gasteiger partial charge on any atom is 0.338 e. The number of carbonyl (C=O) groups is 2. The van der Waals surface area contributed by atoms with Crippen LogP contribution in [0.2, 0.25) is 5.02 Å². The molecule has 0 unspecified atom stereocenters. The standard InChI is InChI=1S/C24H28ClN3O3/c1-4-31-23(29)21-20(14-26-12-11-17-7-9-18(25)10-8-17)27-24(30)28-22(21)19-13-15(2)5-6-16(19)3/h5-10,13,22,26H,4,11-12,14H2,1-3H3,(H2,27,28,30)/t22-/m1/s1. The van der Waals surface area contributed by atoms with Gasteiger partial charge in [-0.15, -0.1) is 0 Å². The van der Waals surface area contributed by atoms with Gasteiger partial charge in [-0.3, -0.25) is 0 Å². The maximum atomic E-state index is 12.9. The molecule has 1 atom stereocenters. The van der Waals surface area contributed by atoms with E-state index in [4.69, 9.17) is 16.3 Å². The number of benzene rings is 2. The first kappa shape index (κ1) is 22.8. The summed E-state index contributed by atoms with van der Waals surface area (Å²) in [7, 11) is 0. The van der Waals surface area contributed by atoms with Crippen molar-refractivity contribution in [1.82, 2.24) is 16.0 Å². The van der Waals surface area contributed by atoms with Crippen LogP contribution in [0.25, 0.3) is 0 Å². The van der Waals surface area contributed by atoms with Crippen LogP contribution in [-0.4, -0.2) is 31.7 Å². The van der Waals surface area contributed by atoms with Crippen molar-refractivity contribution < 1.29 is 14.3 Å². The molecule has 0 saturated carbocycles. The topological polar surface area (TPSA) is 79.5 Å². The Hall–Kier alpha value is -2.83. The lowest BCUT2D eigenvalue weighted by Gasteiger charge is -2.30. The molecule has 3 N–H and O–H groups in total. The predicted octanol–water partition coefficient (Wildman–Crippen LogP) is 3.96. The minimum Gasteiger partial charge on any atom is -0.463 e. The molecule has 1 aliphatic heterocycles.